The lowest BCUT2D eigenvalue weighted by Gasteiger charge is -2.24. The summed E-state index contributed by atoms with van der Waals surface area (Å²) in [4.78, 5) is 17.3. The zero-order valence-corrected chi connectivity index (χ0v) is 19.7. The Morgan fingerprint density at radius 3 is 2.57 bits per heavy atom. The molecule has 0 unspecified atom stereocenters. The molecule has 0 aliphatic rings. The monoisotopic (exact) mass is 506 g/mol. The van der Waals surface area contributed by atoms with Crippen molar-refractivity contribution >= 4 is 17.6 Å². The maximum atomic E-state index is 13.3. The van der Waals surface area contributed by atoms with Gasteiger partial charge in [0.25, 0.3) is 0 Å². The molecule has 1 aromatic heterocycles. The van der Waals surface area contributed by atoms with Crippen LogP contribution in [0.4, 0.5) is 13.2 Å². The van der Waals surface area contributed by atoms with Gasteiger partial charge in [-0.05, 0) is 47.9 Å². The molecule has 0 saturated carbocycles. The molecule has 1 N–H and O–H groups in total. The molecule has 0 bridgehead atoms. The Hall–Kier alpha value is -3.10. The van der Waals surface area contributed by atoms with Crippen molar-refractivity contribution in [2.75, 3.05) is 19.7 Å². The molecule has 1 heterocycles. The van der Waals surface area contributed by atoms with E-state index in [2.05, 4.69) is 4.98 Å². The van der Waals surface area contributed by atoms with Gasteiger partial charge in [0.2, 0.25) is 0 Å². The first-order valence-corrected chi connectivity index (χ1v) is 11.5. The number of carboxylic acids is 1. The van der Waals surface area contributed by atoms with Crippen molar-refractivity contribution in [2.24, 2.45) is 0 Å². The third-order valence-corrected chi connectivity index (χ3v) is 5.78. The number of hydrogen-bond donors (Lipinski definition) is 1. The smallest absolute Gasteiger partial charge is 0.417 e. The fraction of sp³-hybridized carbons (Fsp3) is 0.308. The van der Waals surface area contributed by atoms with Gasteiger partial charge in [-0.1, -0.05) is 41.9 Å². The summed E-state index contributed by atoms with van der Waals surface area (Å²) in [7, 11) is 0. The molecule has 2 aromatic carbocycles. The summed E-state index contributed by atoms with van der Waals surface area (Å²) in [6.07, 6.45) is -1.65. The summed E-state index contributed by atoms with van der Waals surface area (Å²) in [6, 6.07) is 16.5. The van der Waals surface area contributed by atoms with Gasteiger partial charge in [-0.2, -0.15) is 13.2 Å². The van der Waals surface area contributed by atoms with E-state index in [0.29, 0.717) is 49.4 Å². The summed E-state index contributed by atoms with van der Waals surface area (Å²) in [5.74, 6) is -0.344. The van der Waals surface area contributed by atoms with Crippen LogP contribution in [0.3, 0.4) is 0 Å². The van der Waals surface area contributed by atoms with Crippen LogP contribution in [0.1, 0.15) is 28.8 Å². The number of carbonyl (C=O) groups is 1. The first kappa shape index (κ1) is 26.5. The van der Waals surface area contributed by atoms with E-state index in [1.165, 1.54) is 6.07 Å². The number of rotatable bonds is 12. The summed E-state index contributed by atoms with van der Waals surface area (Å²) in [5, 5.41) is 8.66. The fourth-order valence-electron chi connectivity index (χ4n) is 3.65. The summed E-state index contributed by atoms with van der Waals surface area (Å²) in [5.41, 5.74) is 1.10. The van der Waals surface area contributed by atoms with Crippen molar-refractivity contribution in [3.05, 3.63) is 94.3 Å². The highest BCUT2D eigenvalue weighted by atomic mass is 35.5. The number of ether oxygens (including phenoxy) is 1. The largest absolute Gasteiger partial charge is 0.494 e. The van der Waals surface area contributed by atoms with E-state index >= 15 is 0 Å². The van der Waals surface area contributed by atoms with Gasteiger partial charge < -0.3 is 9.84 Å². The molecule has 3 aromatic rings. The lowest BCUT2D eigenvalue weighted by Crippen LogP contribution is -2.28. The topological polar surface area (TPSA) is 62.7 Å². The van der Waals surface area contributed by atoms with Crippen molar-refractivity contribution < 1.29 is 27.8 Å². The molecule has 186 valence electrons. The minimum atomic E-state index is -4.52. The first-order chi connectivity index (χ1) is 16.7. The fourth-order valence-corrected chi connectivity index (χ4v) is 3.94. The van der Waals surface area contributed by atoms with Crippen LogP contribution < -0.4 is 4.74 Å². The van der Waals surface area contributed by atoms with Gasteiger partial charge >= 0.3 is 12.1 Å². The Balaban J connectivity index is 1.63. The molecule has 9 heteroatoms. The summed E-state index contributed by atoms with van der Waals surface area (Å²) < 4.78 is 45.6. The van der Waals surface area contributed by atoms with Crippen LogP contribution in [0.5, 0.6) is 5.75 Å². The number of halogens is 4. The van der Waals surface area contributed by atoms with E-state index in [1.54, 1.807) is 36.5 Å². The van der Waals surface area contributed by atoms with E-state index < -0.39 is 17.7 Å². The predicted octanol–water partition coefficient (Wildman–Crippen LogP) is 5.89. The number of carboxylic acid groups (broad SMARTS) is 1. The molecule has 0 spiro atoms. The van der Waals surface area contributed by atoms with Crippen molar-refractivity contribution in [3.63, 3.8) is 0 Å². The number of pyridine rings is 1. The van der Waals surface area contributed by atoms with Crippen LogP contribution >= 0.6 is 11.6 Å². The number of aromatic nitrogens is 1. The molecule has 0 fully saturated rings. The van der Waals surface area contributed by atoms with E-state index in [4.69, 9.17) is 21.4 Å². The number of nitrogens with zero attached hydrogens (tertiary/aromatic N) is 2. The van der Waals surface area contributed by atoms with Crippen molar-refractivity contribution in [1.82, 2.24) is 9.88 Å². The van der Waals surface area contributed by atoms with Gasteiger partial charge in [0.05, 0.1) is 23.6 Å². The molecule has 0 aliphatic heterocycles. The van der Waals surface area contributed by atoms with Crippen LogP contribution in [-0.4, -0.2) is 40.7 Å². The van der Waals surface area contributed by atoms with Crippen LogP contribution in [-0.2, 0) is 30.4 Å². The van der Waals surface area contributed by atoms with Crippen LogP contribution in [0, 0.1) is 0 Å². The van der Waals surface area contributed by atoms with Gasteiger partial charge in [-0.25, -0.2) is 0 Å². The quantitative estimate of drug-likeness (QED) is 0.310. The zero-order valence-electron chi connectivity index (χ0n) is 19.0. The second kappa shape index (κ2) is 12.6. The molecule has 0 atom stereocenters. The molecular formula is C26H26ClF3N2O3. The average Bonchev–Trinajstić information content (AvgIpc) is 2.81. The zero-order chi connectivity index (χ0) is 25.3. The number of aliphatic carboxylic acids is 1. The Morgan fingerprint density at radius 1 is 1.06 bits per heavy atom. The highest BCUT2D eigenvalue weighted by Gasteiger charge is 2.33. The summed E-state index contributed by atoms with van der Waals surface area (Å²) in [6.45, 7) is 1.77. The standard InChI is InChI=1S/C26H26ClF3N2O3/c27-25-20(7-4-10-23(25)26(28,29)30)18-32(14-11-21-8-1-2-12-31-21)13-5-15-35-22-9-3-6-19(16-22)17-24(33)34/h1-4,6-10,12,16H,5,11,13-15,17-18H2,(H,33,34). The summed E-state index contributed by atoms with van der Waals surface area (Å²) >= 11 is 6.12. The molecule has 0 saturated heterocycles. The maximum absolute atomic E-state index is 13.3. The third-order valence-electron chi connectivity index (χ3n) is 5.33. The number of hydrogen-bond acceptors (Lipinski definition) is 4. The molecule has 3 rings (SSSR count). The molecule has 0 radical (unpaired) electrons. The maximum Gasteiger partial charge on any atom is 0.417 e. The molecule has 0 amide bonds. The Kier molecular flexibility index (Phi) is 9.51. The molecular weight excluding hydrogens is 481 g/mol. The van der Waals surface area contributed by atoms with Crippen molar-refractivity contribution in [2.45, 2.75) is 32.0 Å². The second-order valence-electron chi connectivity index (χ2n) is 8.04. The van der Waals surface area contributed by atoms with Crippen LogP contribution in [0.2, 0.25) is 5.02 Å². The minimum Gasteiger partial charge on any atom is -0.494 e. The van der Waals surface area contributed by atoms with Crippen molar-refractivity contribution in [1.29, 1.82) is 0 Å². The van der Waals surface area contributed by atoms with E-state index in [9.17, 15) is 18.0 Å². The highest BCUT2D eigenvalue weighted by Crippen LogP contribution is 2.36. The van der Waals surface area contributed by atoms with E-state index in [1.807, 2.05) is 23.1 Å². The van der Waals surface area contributed by atoms with Gasteiger partial charge in [0.15, 0.2) is 0 Å². The van der Waals surface area contributed by atoms with Crippen LogP contribution in [0.25, 0.3) is 0 Å². The third kappa shape index (κ3) is 8.56. The van der Waals surface area contributed by atoms with Gasteiger partial charge in [0.1, 0.15) is 5.75 Å². The SMILES string of the molecule is O=C(O)Cc1cccc(OCCCN(CCc2ccccn2)Cc2cccc(C(F)(F)F)c2Cl)c1. The van der Waals surface area contributed by atoms with Crippen LogP contribution in [0.15, 0.2) is 66.9 Å². The predicted molar refractivity (Wildman–Crippen MR) is 128 cm³/mol. The van der Waals surface area contributed by atoms with E-state index in [0.717, 1.165) is 11.8 Å². The minimum absolute atomic E-state index is 0.0871. The van der Waals surface area contributed by atoms with Gasteiger partial charge in [-0.3, -0.25) is 14.7 Å². The number of alkyl halides is 3. The second-order valence-corrected chi connectivity index (χ2v) is 8.42. The van der Waals surface area contributed by atoms with Gasteiger partial charge in [-0.15, -0.1) is 0 Å². The van der Waals surface area contributed by atoms with Crippen molar-refractivity contribution in [3.8, 4) is 5.75 Å². The Labute approximate surface area is 207 Å². The van der Waals surface area contributed by atoms with Gasteiger partial charge in [0, 0.05) is 37.9 Å². The normalized spacial score (nSPS) is 11.6. The molecule has 0 aliphatic carbocycles. The molecule has 5 nitrogen and oxygen atoms in total. The number of benzene rings is 2. The van der Waals surface area contributed by atoms with E-state index in [-0.39, 0.29) is 18.0 Å². The Bertz CT molecular complexity index is 1110. The average molecular weight is 507 g/mol. The first-order valence-electron chi connectivity index (χ1n) is 11.1. The lowest BCUT2D eigenvalue weighted by molar-refractivity contribution is -0.138. The highest BCUT2D eigenvalue weighted by molar-refractivity contribution is 6.32. The lowest BCUT2D eigenvalue weighted by atomic mass is 10.1. The molecule has 35 heavy (non-hydrogen) atoms. The Morgan fingerprint density at radius 2 is 1.86 bits per heavy atom.